The second-order valence-corrected chi connectivity index (χ2v) is 8.28. The molecule has 2 aromatic carbocycles. The van der Waals surface area contributed by atoms with Gasteiger partial charge in [0.25, 0.3) is 5.91 Å². The van der Waals surface area contributed by atoms with E-state index in [1.165, 1.54) is 0 Å². The number of aromatic nitrogens is 2. The lowest BCUT2D eigenvalue weighted by Gasteiger charge is -2.25. The largest absolute Gasteiger partial charge is 0.483 e. The third kappa shape index (κ3) is 5.94. The van der Waals surface area contributed by atoms with Gasteiger partial charge in [0, 0.05) is 25.6 Å². The summed E-state index contributed by atoms with van der Waals surface area (Å²) < 4.78 is 16.3. The molecule has 3 aromatic rings. The van der Waals surface area contributed by atoms with Gasteiger partial charge in [0.1, 0.15) is 5.75 Å². The molecule has 1 aliphatic heterocycles. The van der Waals surface area contributed by atoms with Crippen molar-refractivity contribution in [3.8, 4) is 17.1 Å². The number of para-hydroxylation sites is 1. The molecule has 0 unspecified atom stereocenters. The SMILES string of the molecule is O=C(COc1ccccc1-c1noc(=O)[nH]1)NC[C@@H]1CNCCO[C@H]1c1ccc(Cl)c(Cl)c1. The number of carbonyl (C=O) groups excluding carboxylic acids is 1. The van der Waals surface area contributed by atoms with Crippen LogP contribution in [0.15, 0.2) is 51.8 Å². The molecule has 1 fully saturated rings. The summed E-state index contributed by atoms with van der Waals surface area (Å²) in [5.74, 6) is -0.377. The van der Waals surface area contributed by atoms with E-state index in [1.54, 1.807) is 36.4 Å². The maximum Gasteiger partial charge on any atom is 0.439 e. The second-order valence-electron chi connectivity index (χ2n) is 7.46. The van der Waals surface area contributed by atoms with E-state index in [-0.39, 0.29) is 30.4 Å². The van der Waals surface area contributed by atoms with Gasteiger partial charge in [0.2, 0.25) is 0 Å². The first kappa shape index (κ1) is 23.3. The molecular formula is C22H22Cl2N4O5. The van der Waals surface area contributed by atoms with E-state index in [2.05, 4.69) is 25.3 Å². The van der Waals surface area contributed by atoms with Crippen molar-refractivity contribution in [3.05, 3.63) is 68.6 Å². The highest BCUT2D eigenvalue weighted by molar-refractivity contribution is 6.42. The summed E-state index contributed by atoms with van der Waals surface area (Å²) in [6, 6.07) is 12.3. The fourth-order valence-electron chi connectivity index (χ4n) is 3.60. The molecular weight excluding hydrogens is 471 g/mol. The van der Waals surface area contributed by atoms with Crippen molar-refractivity contribution in [2.45, 2.75) is 6.10 Å². The van der Waals surface area contributed by atoms with Crippen molar-refractivity contribution in [2.75, 3.05) is 32.8 Å². The molecule has 0 bridgehead atoms. The van der Waals surface area contributed by atoms with Gasteiger partial charge >= 0.3 is 5.76 Å². The Hall–Kier alpha value is -2.85. The average Bonchev–Trinajstić information content (AvgIpc) is 3.11. The van der Waals surface area contributed by atoms with Crippen LogP contribution in [-0.2, 0) is 9.53 Å². The Morgan fingerprint density at radius 1 is 1.21 bits per heavy atom. The van der Waals surface area contributed by atoms with Crippen molar-refractivity contribution in [1.29, 1.82) is 0 Å². The van der Waals surface area contributed by atoms with E-state index in [9.17, 15) is 9.59 Å². The van der Waals surface area contributed by atoms with Crippen LogP contribution in [0.5, 0.6) is 5.75 Å². The molecule has 0 radical (unpaired) electrons. The Morgan fingerprint density at radius 3 is 2.85 bits per heavy atom. The third-order valence-electron chi connectivity index (χ3n) is 5.19. The fraction of sp³-hybridized carbons (Fsp3) is 0.318. The van der Waals surface area contributed by atoms with Gasteiger partial charge in [-0.1, -0.05) is 46.6 Å². The van der Waals surface area contributed by atoms with Crippen LogP contribution in [0.2, 0.25) is 10.0 Å². The predicted octanol–water partition coefficient (Wildman–Crippen LogP) is 2.81. The number of carbonyl (C=O) groups is 1. The van der Waals surface area contributed by atoms with Gasteiger partial charge in [-0.2, -0.15) is 0 Å². The van der Waals surface area contributed by atoms with Gasteiger partial charge in [-0.3, -0.25) is 14.3 Å². The third-order valence-corrected chi connectivity index (χ3v) is 5.92. The van der Waals surface area contributed by atoms with Gasteiger partial charge < -0.3 is 20.1 Å². The minimum Gasteiger partial charge on any atom is -0.483 e. The van der Waals surface area contributed by atoms with Crippen LogP contribution in [0.3, 0.4) is 0 Å². The number of hydrogen-bond donors (Lipinski definition) is 3. The second kappa shape index (κ2) is 10.8. The lowest BCUT2D eigenvalue weighted by atomic mass is 9.95. The van der Waals surface area contributed by atoms with Crippen LogP contribution in [-0.4, -0.2) is 48.9 Å². The van der Waals surface area contributed by atoms with Crippen LogP contribution in [0, 0.1) is 5.92 Å². The number of nitrogens with zero attached hydrogens (tertiary/aromatic N) is 1. The Balaban J connectivity index is 1.38. The molecule has 1 amide bonds. The van der Waals surface area contributed by atoms with E-state index < -0.39 is 5.76 Å². The molecule has 3 N–H and O–H groups in total. The molecule has 0 aliphatic carbocycles. The Morgan fingerprint density at radius 2 is 2.06 bits per heavy atom. The van der Waals surface area contributed by atoms with E-state index in [0.29, 0.717) is 47.6 Å². The number of aromatic amines is 1. The standard InChI is InChI=1S/C22H22Cl2N4O5/c23-16-6-5-13(9-17(16)24)20-14(10-25-7-8-31-20)11-26-19(29)12-32-18-4-2-1-3-15(18)21-27-22(30)33-28-21/h1-6,9,14,20,25H,7-8,10-12H2,(H,26,29)(H,27,28,30)/t14-,20-/m0/s1. The number of rotatable bonds is 7. The monoisotopic (exact) mass is 492 g/mol. The smallest absolute Gasteiger partial charge is 0.439 e. The summed E-state index contributed by atoms with van der Waals surface area (Å²) in [5, 5.41) is 10.8. The molecule has 1 aliphatic rings. The first-order valence-electron chi connectivity index (χ1n) is 10.3. The van der Waals surface area contributed by atoms with Crippen LogP contribution in [0.1, 0.15) is 11.7 Å². The number of ether oxygens (including phenoxy) is 2. The highest BCUT2D eigenvalue weighted by atomic mass is 35.5. The lowest BCUT2D eigenvalue weighted by Crippen LogP contribution is -2.38. The summed E-state index contributed by atoms with van der Waals surface area (Å²) in [5.41, 5.74) is 1.41. The van der Waals surface area contributed by atoms with Crippen LogP contribution in [0.25, 0.3) is 11.4 Å². The van der Waals surface area contributed by atoms with E-state index in [4.69, 9.17) is 32.7 Å². The normalized spacial score (nSPS) is 18.5. The Labute approximate surface area is 199 Å². The summed E-state index contributed by atoms with van der Waals surface area (Å²) in [4.78, 5) is 26.2. The van der Waals surface area contributed by atoms with Gasteiger partial charge in [0.15, 0.2) is 12.4 Å². The first-order chi connectivity index (χ1) is 16.0. The molecule has 2 heterocycles. The Bertz CT molecular complexity index is 1170. The van der Waals surface area contributed by atoms with Crippen LogP contribution < -0.4 is 21.1 Å². The summed E-state index contributed by atoms with van der Waals surface area (Å²) in [6.07, 6.45) is -0.249. The molecule has 11 heteroatoms. The zero-order valence-corrected chi connectivity index (χ0v) is 19.0. The number of amides is 1. The van der Waals surface area contributed by atoms with Gasteiger partial charge in [-0.15, -0.1) is 0 Å². The summed E-state index contributed by atoms with van der Waals surface area (Å²) in [6.45, 7) is 2.08. The van der Waals surface area contributed by atoms with Gasteiger partial charge in [-0.05, 0) is 29.8 Å². The quantitative estimate of drug-likeness (QED) is 0.463. The average molecular weight is 493 g/mol. The zero-order valence-electron chi connectivity index (χ0n) is 17.5. The molecule has 1 saturated heterocycles. The minimum absolute atomic E-state index is 0.0267. The molecule has 33 heavy (non-hydrogen) atoms. The minimum atomic E-state index is -0.673. The zero-order chi connectivity index (χ0) is 23.2. The number of halogens is 2. The summed E-state index contributed by atoms with van der Waals surface area (Å²) >= 11 is 12.2. The van der Waals surface area contributed by atoms with Crippen molar-refractivity contribution in [2.24, 2.45) is 5.92 Å². The van der Waals surface area contributed by atoms with Gasteiger partial charge in [0.05, 0.1) is 28.3 Å². The maximum absolute atomic E-state index is 12.5. The highest BCUT2D eigenvalue weighted by Gasteiger charge is 2.27. The van der Waals surface area contributed by atoms with Crippen molar-refractivity contribution in [3.63, 3.8) is 0 Å². The number of benzene rings is 2. The number of nitrogens with one attached hydrogen (secondary N) is 3. The predicted molar refractivity (Wildman–Crippen MR) is 123 cm³/mol. The van der Waals surface area contributed by atoms with E-state index >= 15 is 0 Å². The summed E-state index contributed by atoms with van der Waals surface area (Å²) in [7, 11) is 0. The molecule has 2 atom stereocenters. The molecule has 4 rings (SSSR count). The fourth-order valence-corrected chi connectivity index (χ4v) is 3.91. The highest BCUT2D eigenvalue weighted by Crippen LogP contribution is 2.32. The van der Waals surface area contributed by atoms with Crippen LogP contribution in [0.4, 0.5) is 0 Å². The van der Waals surface area contributed by atoms with Crippen LogP contribution >= 0.6 is 23.2 Å². The molecule has 174 valence electrons. The van der Waals surface area contributed by atoms with E-state index in [1.807, 2.05) is 6.07 Å². The lowest BCUT2D eigenvalue weighted by molar-refractivity contribution is -0.123. The molecule has 0 saturated carbocycles. The molecule has 9 nitrogen and oxygen atoms in total. The van der Waals surface area contributed by atoms with Crippen molar-refractivity contribution >= 4 is 29.1 Å². The first-order valence-corrected chi connectivity index (χ1v) is 11.1. The molecule has 0 spiro atoms. The number of hydrogen-bond acceptors (Lipinski definition) is 7. The molecule has 1 aromatic heterocycles. The Kier molecular flexibility index (Phi) is 7.66. The number of H-pyrrole nitrogens is 1. The van der Waals surface area contributed by atoms with Crippen molar-refractivity contribution in [1.82, 2.24) is 20.8 Å². The van der Waals surface area contributed by atoms with Crippen molar-refractivity contribution < 1.29 is 18.8 Å². The van der Waals surface area contributed by atoms with Gasteiger partial charge in [-0.25, -0.2) is 4.79 Å². The topological polar surface area (TPSA) is 118 Å². The van der Waals surface area contributed by atoms with E-state index in [0.717, 1.165) is 5.56 Å². The maximum atomic E-state index is 12.5.